The average molecular weight is 265 g/mol. The van der Waals surface area contributed by atoms with Crippen LogP contribution in [0.15, 0.2) is 36.7 Å². The molecule has 0 amide bonds. The van der Waals surface area contributed by atoms with Crippen molar-refractivity contribution in [1.82, 2.24) is 4.98 Å². The first-order valence-electron chi connectivity index (χ1n) is 5.51. The summed E-state index contributed by atoms with van der Waals surface area (Å²) in [6, 6.07) is 5.64. The molecule has 19 heavy (non-hydrogen) atoms. The van der Waals surface area contributed by atoms with Crippen molar-refractivity contribution in [3.63, 3.8) is 0 Å². The molecule has 0 aliphatic carbocycles. The predicted octanol–water partition coefficient (Wildman–Crippen LogP) is 3.89. The van der Waals surface area contributed by atoms with Crippen LogP contribution in [0.5, 0.6) is 0 Å². The molecule has 0 unspecified atom stereocenters. The standard InChI is InChI=1S/C14H10F3NO/c1-9-2-3-10(8-19)11(6-9)12-7-18-5-4-13(12)14(15,16)17/h2-8H,1H3. The second kappa shape index (κ2) is 4.84. The molecular weight excluding hydrogens is 255 g/mol. The first-order chi connectivity index (χ1) is 8.93. The molecule has 0 saturated carbocycles. The highest BCUT2D eigenvalue weighted by Crippen LogP contribution is 2.37. The monoisotopic (exact) mass is 265 g/mol. The van der Waals surface area contributed by atoms with Crippen LogP contribution in [-0.4, -0.2) is 11.3 Å². The van der Waals surface area contributed by atoms with E-state index < -0.39 is 11.7 Å². The van der Waals surface area contributed by atoms with Gasteiger partial charge in [-0.05, 0) is 18.6 Å². The van der Waals surface area contributed by atoms with Gasteiger partial charge in [0.2, 0.25) is 0 Å². The highest BCUT2D eigenvalue weighted by Gasteiger charge is 2.34. The van der Waals surface area contributed by atoms with Gasteiger partial charge in [-0.3, -0.25) is 9.78 Å². The Kier molecular flexibility index (Phi) is 3.38. The summed E-state index contributed by atoms with van der Waals surface area (Å²) in [7, 11) is 0. The zero-order valence-electron chi connectivity index (χ0n) is 10.0. The number of rotatable bonds is 2. The minimum Gasteiger partial charge on any atom is -0.298 e. The number of carbonyl (C=O) groups is 1. The summed E-state index contributed by atoms with van der Waals surface area (Å²) in [5.74, 6) is 0. The van der Waals surface area contributed by atoms with Gasteiger partial charge in [0.05, 0.1) is 5.56 Å². The minimum atomic E-state index is -4.48. The van der Waals surface area contributed by atoms with E-state index in [4.69, 9.17) is 0 Å². The Morgan fingerprint density at radius 3 is 2.53 bits per heavy atom. The number of pyridine rings is 1. The summed E-state index contributed by atoms with van der Waals surface area (Å²) in [5.41, 5.74) is 0.356. The number of aromatic nitrogens is 1. The van der Waals surface area contributed by atoms with Crippen LogP contribution in [0.2, 0.25) is 0 Å². The molecule has 0 spiro atoms. The lowest BCUT2D eigenvalue weighted by Gasteiger charge is -2.14. The van der Waals surface area contributed by atoms with Gasteiger partial charge in [0.1, 0.15) is 0 Å². The molecule has 1 aromatic carbocycles. The Morgan fingerprint density at radius 2 is 1.89 bits per heavy atom. The third-order valence-electron chi connectivity index (χ3n) is 2.75. The van der Waals surface area contributed by atoms with Gasteiger partial charge in [0, 0.05) is 23.5 Å². The largest absolute Gasteiger partial charge is 0.417 e. The van der Waals surface area contributed by atoms with Crippen LogP contribution in [0, 0.1) is 6.92 Å². The van der Waals surface area contributed by atoms with Gasteiger partial charge in [-0.1, -0.05) is 23.8 Å². The maximum atomic E-state index is 13.0. The number of aryl methyl sites for hydroxylation is 1. The number of halogens is 3. The number of nitrogens with zero attached hydrogens (tertiary/aromatic N) is 1. The lowest BCUT2D eigenvalue weighted by molar-refractivity contribution is -0.137. The van der Waals surface area contributed by atoms with E-state index in [1.807, 2.05) is 0 Å². The van der Waals surface area contributed by atoms with Crippen molar-refractivity contribution in [2.24, 2.45) is 0 Å². The molecule has 5 heteroatoms. The van der Waals surface area contributed by atoms with Crippen LogP contribution in [0.1, 0.15) is 21.5 Å². The van der Waals surface area contributed by atoms with Crippen LogP contribution in [-0.2, 0) is 6.18 Å². The van der Waals surface area contributed by atoms with E-state index >= 15 is 0 Å². The topological polar surface area (TPSA) is 30.0 Å². The third-order valence-corrected chi connectivity index (χ3v) is 2.75. The Bertz CT molecular complexity index is 620. The Morgan fingerprint density at radius 1 is 1.16 bits per heavy atom. The van der Waals surface area contributed by atoms with Gasteiger partial charge in [-0.2, -0.15) is 13.2 Å². The lowest BCUT2D eigenvalue weighted by atomic mass is 9.96. The van der Waals surface area contributed by atoms with E-state index in [9.17, 15) is 18.0 Å². The summed E-state index contributed by atoms with van der Waals surface area (Å²) >= 11 is 0. The van der Waals surface area contributed by atoms with E-state index in [2.05, 4.69) is 4.98 Å². The van der Waals surface area contributed by atoms with Crippen LogP contribution in [0.25, 0.3) is 11.1 Å². The second-order valence-corrected chi connectivity index (χ2v) is 4.13. The molecule has 2 rings (SSSR count). The van der Waals surface area contributed by atoms with Crippen molar-refractivity contribution in [2.75, 3.05) is 0 Å². The zero-order chi connectivity index (χ0) is 14.0. The number of hydrogen-bond donors (Lipinski definition) is 0. The van der Waals surface area contributed by atoms with Crippen LogP contribution in [0.3, 0.4) is 0 Å². The van der Waals surface area contributed by atoms with Crippen LogP contribution in [0.4, 0.5) is 13.2 Å². The Hall–Kier alpha value is -2.17. The van der Waals surface area contributed by atoms with Crippen molar-refractivity contribution in [2.45, 2.75) is 13.1 Å². The lowest BCUT2D eigenvalue weighted by Crippen LogP contribution is -2.08. The minimum absolute atomic E-state index is 0.0826. The molecule has 0 bridgehead atoms. The van der Waals surface area contributed by atoms with E-state index in [1.54, 1.807) is 19.1 Å². The number of alkyl halides is 3. The molecule has 0 aliphatic rings. The molecule has 0 saturated heterocycles. The molecule has 2 nitrogen and oxygen atoms in total. The molecule has 0 atom stereocenters. The van der Waals surface area contributed by atoms with Gasteiger partial charge >= 0.3 is 6.18 Å². The maximum absolute atomic E-state index is 13.0. The van der Waals surface area contributed by atoms with Crippen molar-refractivity contribution >= 4 is 6.29 Å². The summed E-state index contributed by atoms with van der Waals surface area (Å²) in [4.78, 5) is 14.7. The molecule has 2 aromatic rings. The van der Waals surface area contributed by atoms with Crippen molar-refractivity contribution in [1.29, 1.82) is 0 Å². The number of hydrogen-bond acceptors (Lipinski definition) is 2. The van der Waals surface area contributed by atoms with Gasteiger partial charge in [0.15, 0.2) is 6.29 Å². The van der Waals surface area contributed by atoms with Crippen molar-refractivity contribution in [3.8, 4) is 11.1 Å². The van der Waals surface area contributed by atoms with Gasteiger partial charge < -0.3 is 0 Å². The smallest absolute Gasteiger partial charge is 0.298 e. The van der Waals surface area contributed by atoms with Gasteiger partial charge in [-0.15, -0.1) is 0 Å². The fourth-order valence-corrected chi connectivity index (χ4v) is 1.86. The fraction of sp³-hybridized carbons (Fsp3) is 0.143. The van der Waals surface area contributed by atoms with Crippen molar-refractivity contribution in [3.05, 3.63) is 53.3 Å². The van der Waals surface area contributed by atoms with E-state index in [-0.39, 0.29) is 16.7 Å². The van der Waals surface area contributed by atoms with E-state index in [1.165, 1.54) is 6.07 Å². The van der Waals surface area contributed by atoms with Crippen LogP contribution < -0.4 is 0 Å². The molecule has 0 fully saturated rings. The predicted molar refractivity (Wildman–Crippen MR) is 64.8 cm³/mol. The summed E-state index contributed by atoms with van der Waals surface area (Å²) in [6.07, 6.45) is -1.72. The number of aldehydes is 1. The highest BCUT2D eigenvalue weighted by molar-refractivity contribution is 5.88. The quantitative estimate of drug-likeness (QED) is 0.771. The molecule has 0 aliphatic heterocycles. The molecule has 98 valence electrons. The van der Waals surface area contributed by atoms with Crippen LogP contribution >= 0.6 is 0 Å². The average Bonchev–Trinajstić information content (AvgIpc) is 2.37. The molecule has 0 radical (unpaired) electrons. The highest BCUT2D eigenvalue weighted by atomic mass is 19.4. The molecular formula is C14H10F3NO. The van der Waals surface area contributed by atoms with Gasteiger partial charge in [0.25, 0.3) is 0 Å². The second-order valence-electron chi connectivity index (χ2n) is 4.13. The van der Waals surface area contributed by atoms with E-state index in [0.717, 1.165) is 24.0 Å². The Labute approximate surface area is 107 Å². The van der Waals surface area contributed by atoms with Crippen molar-refractivity contribution < 1.29 is 18.0 Å². The summed E-state index contributed by atoms with van der Waals surface area (Å²) in [6.45, 7) is 1.75. The third kappa shape index (κ3) is 2.65. The first-order valence-corrected chi connectivity index (χ1v) is 5.51. The Balaban J connectivity index is 2.72. The maximum Gasteiger partial charge on any atom is 0.417 e. The number of benzene rings is 1. The first kappa shape index (κ1) is 13.3. The summed E-state index contributed by atoms with van der Waals surface area (Å²) in [5, 5.41) is 0. The van der Waals surface area contributed by atoms with Gasteiger partial charge in [-0.25, -0.2) is 0 Å². The molecule has 1 aromatic heterocycles. The SMILES string of the molecule is Cc1ccc(C=O)c(-c2cnccc2C(F)(F)F)c1. The fourth-order valence-electron chi connectivity index (χ4n) is 1.86. The normalized spacial score (nSPS) is 11.4. The molecule has 1 heterocycles. The van der Waals surface area contributed by atoms with E-state index in [0.29, 0.717) is 6.29 Å². The molecule has 0 N–H and O–H groups in total. The summed E-state index contributed by atoms with van der Waals surface area (Å²) < 4.78 is 38.9. The zero-order valence-corrected chi connectivity index (χ0v) is 10.0. The number of carbonyl (C=O) groups excluding carboxylic acids is 1.